The molecule has 1 aliphatic heterocycles. The van der Waals surface area contributed by atoms with Gasteiger partial charge in [-0.1, -0.05) is 32.4 Å². The van der Waals surface area contributed by atoms with Gasteiger partial charge < -0.3 is 5.32 Å². The molecule has 1 fully saturated rings. The van der Waals surface area contributed by atoms with Crippen LogP contribution in [0.15, 0.2) is 29.2 Å². The Kier molecular flexibility index (Phi) is 6.18. The largest absolute Gasteiger partial charge is 0.349 e. The summed E-state index contributed by atoms with van der Waals surface area (Å²) in [4.78, 5) is 12.6. The van der Waals surface area contributed by atoms with E-state index in [9.17, 15) is 13.2 Å². The van der Waals surface area contributed by atoms with Gasteiger partial charge in [0.05, 0.1) is 10.5 Å². The average Bonchev–Trinajstić information content (AvgIpc) is 2.60. The number of carbonyl (C=O) groups is 1. The number of carbonyl (C=O) groups excluding carboxylic acids is 1. The number of benzene rings is 1. The van der Waals surface area contributed by atoms with Crippen LogP contribution in [-0.4, -0.2) is 37.8 Å². The molecule has 23 heavy (non-hydrogen) atoms. The maximum Gasteiger partial charge on any atom is 0.252 e. The van der Waals surface area contributed by atoms with Crippen molar-refractivity contribution in [1.82, 2.24) is 9.62 Å². The van der Waals surface area contributed by atoms with Gasteiger partial charge in [-0.05, 0) is 37.8 Å². The summed E-state index contributed by atoms with van der Waals surface area (Å²) in [7, 11) is -3.61. The molecule has 1 aromatic rings. The Labute approximate surface area is 139 Å². The van der Waals surface area contributed by atoms with Gasteiger partial charge in [-0.25, -0.2) is 8.42 Å². The van der Waals surface area contributed by atoms with Crippen LogP contribution in [0.2, 0.25) is 0 Å². The summed E-state index contributed by atoms with van der Waals surface area (Å²) < 4.78 is 27.3. The predicted molar refractivity (Wildman–Crippen MR) is 90.9 cm³/mol. The molecule has 1 saturated heterocycles. The summed E-state index contributed by atoms with van der Waals surface area (Å²) >= 11 is 0. The first-order valence-electron chi connectivity index (χ1n) is 8.40. The summed E-state index contributed by atoms with van der Waals surface area (Å²) in [5, 5.41) is 2.93. The first kappa shape index (κ1) is 17.9. The fourth-order valence-corrected chi connectivity index (χ4v) is 4.59. The molecule has 0 atom stereocenters. The molecule has 0 bridgehead atoms. The molecule has 1 aromatic carbocycles. The van der Waals surface area contributed by atoms with Gasteiger partial charge in [0.1, 0.15) is 0 Å². The Hall–Kier alpha value is -1.40. The molecule has 1 heterocycles. The van der Waals surface area contributed by atoms with Crippen molar-refractivity contribution >= 4 is 15.9 Å². The molecule has 0 spiro atoms. The van der Waals surface area contributed by atoms with E-state index in [0.29, 0.717) is 13.1 Å². The van der Waals surface area contributed by atoms with E-state index < -0.39 is 10.0 Å². The zero-order valence-corrected chi connectivity index (χ0v) is 14.7. The minimum atomic E-state index is -3.61. The normalized spacial score (nSPS) is 16.5. The molecule has 2 rings (SSSR count). The summed E-state index contributed by atoms with van der Waals surface area (Å²) in [6.07, 6.45) is 4.46. The van der Waals surface area contributed by atoms with Crippen molar-refractivity contribution in [1.29, 1.82) is 0 Å². The third kappa shape index (κ3) is 4.12. The molecule has 6 heteroatoms. The molecule has 0 saturated carbocycles. The zero-order valence-electron chi connectivity index (χ0n) is 13.9. The standard InChI is InChI=1S/C17H26N2O3S/c1-3-14(4-2)18-17(20)15-10-6-7-11-16(15)23(21,22)19-12-8-5-9-13-19/h6-7,10-11,14H,3-5,8-9,12-13H2,1-2H3,(H,18,20). The van der Waals surface area contributed by atoms with Gasteiger partial charge in [-0.15, -0.1) is 0 Å². The lowest BCUT2D eigenvalue weighted by Gasteiger charge is -2.27. The van der Waals surface area contributed by atoms with Crippen molar-refractivity contribution in [2.75, 3.05) is 13.1 Å². The maximum atomic E-state index is 12.9. The topological polar surface area (TPSA) is 66.5 Å². The molecule has 0 aliphatic carbocycles. The van der Waals surface area contributed by atoms with Crippen LogP contribution < -0.4 is 5.32 Å². The maximum absolute atomic E-state index is 12.9. The van der Waals surface area contributed by atoms with Gasteiger partial charge in [0.25, 0.3) is 5.91 Å². The summed E-state index contributed by atoms with van der Waals surface area (Å²) in [6, 6.07) is 6.57. The van der Waals surface area contributed by atoms with Crippen molar-refractivity contribution in [3.8, 4) is 0 Å². The second-order valence-electron chi connectivity index (χ2n) is 5.95. The molecule has 128 valence electrons. The fraction of sp³-hybridized carbons (Fsp3) is 0.588. The number of nitrogens with zero attached hydrogens (tertiary/aromatic N) is 1. The number of hydrogen-bond acceptors (Lipinski definition) is 3. The molecule has 1 aliphatic rings. The summed E-state index contributed by atoms with van der Waals surface area (Å²) in [5.41, 5.74) is 0.241. The second kappa shape index (κ2) is 7.93. The van der Waals surface area contributed by atoms with E-state index in [0.717, 1.165) is 32.1 Å². The summed E-state index contributed by atoms with van der Waals surface area (Å²) in [6.45, 7) is 5.07. The minimum absolute atomic E-state index is 0.0632. The lowest BCUT2D eigenvalue weighted by Crippen LogP contribution is -2.38. The number of sulfonamides is 1. The lowest BCUT2D eigenvalue weighted by molar-refractivity contribution is 0.0931. The Morgan fingerprint density at radius 2 is 1.74 bits per heavy atom. The van der Waals surface area contributed by atoms with E-state index in [1.165, 1.54) is 10.4 Å². The highest BCUT2D eigenvalue weighted by atomic mass is 32.2. The van der Waals surface area contributed by atoms with Crippen LogP contribution in [0, 0.1) is 0 Å². The third-order valence-corrected chi connectivity index (χ3v) is 6.34. The van der Waals surface area contributed by atoms with Crippen LogP contribution in [0.25, 0.3) is 0 Å². The quantitative estimate of drug-likeness (QED) is 0.867. The molecule has 5 nitrogen and oxygen atoms in total. The number of piperidine rings is 1. The molecule has 0 unspecified atom stereocenters. The Balaban J connectivity index is 2.31. The molecule has 0 radical (unpaired) electrons. The van der Waals surface area contributed by atoms with Crippen LogP contribution in [-0.2, 0) is 10.0 Å². The highest BCUT2D eigenvalue weighted by Crippen LogP contribution is 2.23. The van der Waals surface area contributed by atoms with Crippen LogP contribution in [0.4, 0.5) is 0 Å². The third-order valence-electron chi connectivity index (χ3n) is 4.39. The second-order valence-corrected chi connectivity index (χ2v) is 7.85. The van der Waals surface area contributed by atoms with E-state index in [1.807, 2.05) is 13.8 Å². The highest BCUT2D eigenvalue weighted by molar-refractivity contribution is 7.89. The first-order chi connectivity index (χ1) is 11.0. The molecular formula is C17H26N2O3S. The van der Waals surface area contributed by atoms with Gasteiger partial charge in [-0.2, -0.15) is 4.31 Å². The van der Waals surface area contributed by atoms with Gasteiger partial charge in [0.15, 0.2) is 0 Å². The van der Waals surface area contributed by atoms with E-state index in [2.05, 4.69) is 5.32 Å². The highest BCUT2D eigenvalue weighted by Gasteiger charge is 2.29. The first-order valence-corrected chi connectivity index (χ1v) is 9.84. The predicted octanol–water partition coefficient (Wildman–Crippen LogP) is 2.78. The van der Waals surface area contributed by atoms with E-state index in [1.54, 1.807) is 18.2 Å². The van der Waals surface area contributed by atoms with Gasteiger partial charge in [0.2, 0.25) is 10.0 Å². The summed E-state index contributed by atoms with van der Waals surface area (Å²) in [5.74, 6) is -0.310. The molecule has 0 aromatic heterocycles. The van der Waals surface area contributed by atoms with Crippen molar-refractivity contribution in [2.24, 2.45) is 0 Å². The number of nitrogens with one attached hydrogen (secondary N) is 1. The molecule has 1 amide bonds. The Morgan fingerprint density at radius 3 is 2.35 bits per heavy atom. The smallest absolute Gasteiger partial charge is 0.252 e. The van der Waals surface area contributed by atoms with Crippen molar-refractivity contribution < 1.29 is 13.2 Å². The minimum Gasteiger partial charge on any atom is -0.349 e. The van der Waals surface area contributed by atoms with Gasteiger partial charge in [0, 0.05) is 19.1 Å². The van der Waals surface area contributed by atoms with Crippen LogP contribution in [0.1, 0.15) is 56.3 Å². The molecule has 1 N–H and O–H groups in total. The lowest BCUT2D eigenvalue weighted by atomic mass is 10.1. The molecular weight excluding hydrogens is 312 g/mol. The van der Waals surface area contributed by atoms with Crippen molar-refractivity contribution in [3.63, 3.8) is 0 Å². The van der Waals surface area contributed by atoms with E-state index in [4.69, 9.17) is 0 Å². The fourth-order valence-electron chi connectivity index (χ4n) is 2.88. The van der Waals surface area contributed by atoms with Crippen molar-refractivity contribution in [3.05, 3.63) is 29.8 Å². The zero-order chi connectivity index (χ0) is 16.9. The monoisotopic (exact) mass is 338 g/mol. The van der Waals surface area contributed by atoms with Crippen molar-refractivity contribution in [2.45, 2.75) is 56.9 Å². The number of amides is 1. The Morgan fingerprint density at radius 1 is 1.13 bits per heavy atom. The van der Waals surface area contributed by atoms with Gasteiger partial charge in [-0.3, -0.25) is 4.79 Å². The van der Waals surface area contributed by atoms with E-state index in [-0.39, 0.29) is 22.4 Å². The number of rotatable bonds is 6. The Bertz CT molecular complexity index is 633. The number of hydrogen-bond donors (Lipinski definition) is 1. The van der Waals surface area contributed by atoms with E-state index >= 15 is 0 Å². The van der Waals surface area contributed by atoms with Gasteiger partial charge >= 0.3 is 0 Å². The van der Waals surface area contributed by atoms with Crippen LogP contribution in [0.5, 0.6) is 0 Å². The van der Waals surface area contributed by atoms with Crippen LogP contribution >= 0.6 is 0 Å². The van der Waals surface area contributed by atoms with Crippen LogP contribution in [0.3, 0.4) is 0 Å². The average molecular weight is 338 g/mol. The SMILES string of the molecule is CCC(CC)NC(=O)c1ccccc1S(=O)(=O)N1CCCCC1.